The van der Waals surface area contributed by atoms with E-state index in [-0.39, 0.29) is 5.82 Å². The standard InChI is InChI=1S/C23H23FN4/c1-15(23-27-26-22-4-2-3-13-28(22)23)16-5-7-17(8-6-16)19-11-12-25-21-10-9-18(24)14-20(19)21/h2-4,9-17H,5-8H2,1H3/t15-,16?,17?/m1/s1. The molecule has 0 amide bonds. The van der Waals surface area contributed by atoms with Gasteiger partial charge >= 0.3 is 0 Å². The van der Waals surface area contributed by atoms with E-state index in [2.05, 4.69) is 32.6 Å². The van der Waals surface area contributed by atoms with Crippen LogP contribution in [0.5, 0.6) is 0 Å². The Morgan fingerprint density at radius 2 is 1.89 bits per heavy atom. The predicted octanol–water partition coefficient (Wildman–Crippen LogP) is 5.49. The van der Waals surface area contributed by atoms with Crippen LogP contribution in [0.15, 0.2) is 54.9 Å². The predicted molar refractivity (Wildman–Crippen MR) is 108 cm³/mol. The average Bonchev–Trinajstić information content (AvgIpc) is 3.17. The summed E-state index contributed by atoms with van der Waals surface area (Å²) in [7, 11) is 0. The lowest BCUT2D eigenvalue weighted by Gasteiger charge is -2.32. The third kappa shape index (κ3) is 2.95. The molecule has 1 saturated carbocycles. The fourth-order valence-electron chi connectivity index (χ4n) is 4.81. The Bertz CT molecular complexity index is 1130. The second-order valence-electron chi connectivity index (χ2n) is 7.95. The zero-order valence-corrected chi connectivity index (χ0v) is 15.9. The molecule has 3 heterocycles. The van der Waals surface area contributed by atoms with Crippen molar-refractivity contribution in [1.82, 2.24) is 19.6 Å². The zero-order valence-electron chi connectivity index (χ0n) is 15.9. The van der Waals surface area contributed by atoms with E-state index in [0.29, 0.717) is 17.8 Å². The molecule has 3 aromatic heterocycles. The lowest BCUT2D eigenvalue weighted by molar-refractivity contribution is 0.285. The minimum Gasteiger partial charge on any atom is -0.286 e. The Hall–Kier alpha value is -2.82. The SMILES string of the molecule is C[C@@H](c1nnc2ccccn12)C1CCC(c2ccnc3ccc(F)cc23)CC1. The molecule has 5 rings (SSSR count). The third-order valence-corrected chi connectivity index (χ3v) is 6.40. The molecule has 0 saturated heterocycles. The van der Waals surface area contributed by atoms with Gasteiger partial charge in [-0.2, -0.15) is 0 Å². The van der Waals surface area contributed by atoms with Crippen molar-refractivity contribution >= 4 is 16.6 Å². The fourth-order valence-corrected chi connectivity index (χ4v) is 4.81. The van der Waals surface area contributed by atoms with Crippen molar-refractivity contribution in [3.8, 4) is 0 Å². The Balaban J connectivity index is 1.36. The quantitative estimate of drug-likeness (QED) is 0.476. The summed E-state index contributed by atoms with van der Waals surface area (Å²) in [5, 5.41) is 9.73. The van der Waals surface area contributed by atoms with E-state index in [4.69, 9.17) is 0 Å². The van der Waals surface area contributed by atoms with Crippen molar-refractivity contribution in [2.24, 2.45) is 5.92 Å². The number of rotatable bonds is 3. The number of hydrogen-bond donors (Lipinski definition) is 0. The van der Waals surface area contributed by atoms with E-state index in [1.165, 1.54) is 11.6 Å². The molecule has 0 radical (unpaired) electrons. The van der Waals surface area contributed by atoms with Crippen LogP contribution in [0.2, 0.25) is 0 Å². The Morgan fingerprint density at radius 3 is 2.75 bits per heavy atom. The van der Waals surface area contributed by atoms with Gasteiger partial charge in [-0.15, -0.1) is 10.2 Å². The van der Waals surface area contributed by atoms with E-state index < -0.39 is 0 Å². The van der Waals surface area contributed by atoms with E-state index in [0.717, 1.165) is 48.1 Å². The monoisotopic (exact) mass is 374 g/mol. The number of benzene rings is 1. The number of fused-ring (bicyclic) bond motifs is 2. The van der Waals surface area contributed by atoms with Crippen molar-refractivity contribution < 1.29 is 4.39 Å². The topological polar surface area (TPSA) is 43.1 Å². The van der Waals surface area contributed by atoms with Gasteiger partial charge in [0.1, 0.15) is 11.6 Å². The molecule has 0 spiro atoms. The van der Waals surface area contributed by atoms with Crippen molar-refractivity contribution in [2.75, 3.05) is 0 Å². The first-order chi connectivity index (χ1) is 13.7. The van der Waals surface area contributed by atoms with E-state index in [1.54, 1.807) is 12.1 Å². The summed E-state index contributed by atoms with van der Waals surface area (Å²) in [4.78, 5) is 4.40. The molecule has 28 heavy (non-hydrogen) atoms. The molecule has 0 unspecified atom stereocenters. The normalized spacial score (nSPS) is 21.2. The van der Waals surface area contributed by atoms with Crippen LogP contribution in [0.3, 0.4) is 0 Å². The largest absolute Gasteiger partial charge is 0.286 e. The van der Waals surface area contributed by atoms with Gasteiger partial charge in [0.15, 0.2) is 5.65 Å². The van der Waals surface area contributed by atoms with Gasteiger partial charge in [-0.1, -0.05) is 13.0 Å². The molecule has 1 fully saturated rings. The van der Waals surface area contributed by atoms with Crippen LogP contribution in [-0.2, 0) is 0 Å². The highest BCUT2D eigenvalue weighted by atomic mass is 19.1. The lowest BCUT2D eigenvalue weighted by Crippen LogP contribution is -2.20. The van der Waals surface area contributed by atoms with E-state index in [9.17, 15) is 4.39 Å². The summed E-state index contributed by atoms with van der Waals surface area (Å²) in [5.74, 6) is 2.28. The summed E-state index contributed by atoms with van der Waals surface area (Å²) in [6, 6.07) is 13.0. The van der Waals surface area contributed by atoms with Gasteiger partial charge < -0.3 is 0 Å². The minimum absolute atomic E-state index is 0.192. The number of nitrogens with zero attached hydrogens (tertiary/aromatic N) is 4. The molecule has 0 bridgehead atoms. The van der Waals surface area contributed by atoms with Gasteiger partial charge in [0.05, 0.1) is 5.52 Å². The van der Waals surface area contributed by atoms with Gasteiger partial charge in [0.25, 0.3) is 0 Å². The molecule has 4 aromatic rings. The van der Waals surface area contributed by atoms with Crippen LogP contribution in [0.25, 0.3) is 16.6 Å². The van der Waals surface area contributed by atoms with E-state index >= 15 is 0 Å². The first kappa shape index (κ1) is 17.3. The fraction of sp³-hybridized carbons (Fsp3) is 0.348. The number of halogens is 1. The molecule has 1 atom stereocenters. The van der Waals surface area contributed by atoms with Crippen molar-refractivity contribution in [1.29, 1.82) is 0 Å². The van der Waals surface area contributed by atoms with Crippen LogP contribution in [0, 0.1) is 11.7 Å². The summed E-state index contributed by atoms with van der Waals surface area (Å²) in [6.07, 6.45) is 8.42. The summed E-state index contributed by atoms with van der Waals surface area (Å²) in [6.45, 7) is 2.27. The number of pyridine rings is 2. The average molecular weight is 374 g/mol. The minimum atomic E-state index is -0.192. The number of hydrogen-bond acceptors (Lipinski definition) is 3. The molecule has 0 N–H and O–H groups in total. The van der Waals surface area contributed by atoms with Gasteiger partial charge in [-0.25, -0.2) is 4.39 Å². The summed E-state index contributed by atoms with van der Waals surface area (Å²) in [5.41, 5.74) is 3.02. The third-order valence-electron chi connectivity index (χ3n) is 6.40. The lowest BCUT2D eigenvalue weighted by atomic mass is 9.73. The first-order valence-electron chi connectivity index (χ1n) is 10.0. The van der Waals surface area contributed by atoms with E-state index in [1.807, 2.05) is 30.6 Å². The van der Waals surface area contributed by atoms with Gasteiger partial charge in [-0.05, 0) is 79.5 Å². The maximum atomic E-state index is 13.8. The Kier molecular flexibility index (Phi) is 4.30. The molecule has 1 aromatic carbocycles. The highest BCUT2D eigenvalue weighted by Gasteiger charge is 2.29. The smallest absolute Gasteiger partial charge is 0.160 e. The van der Waals surface area contributed by atoms with Crippen LogP contribution >= 0.6 is 0 Å². The molecule has 5 heteroatoms. The molecular weight excluding hydrogens is 351 g/mol. The van der Waals surface area contributed by atoms with Crippen LogP contribution < -0.4 is 0 Å². The molecular formula is C23H23FN4. The Labute approximate surface area is 163 Å². The highest BCUT2D eigenvalue weighted by Crippen LogP contribution is 2.42. The molecule has 0 aliphatic heterocycles. The maximum absolute atomic E-state index is 13.8. The zero-order chi connectivity index (χ0) is 19.1. The molecule has 1 aliphatic carbocycles. The van der Waals surface area contributed by atoms with Crippen molar-refractivity contribution in [2.45, 2.75) is 44.4 Å². The second-order valence-corrected chi connectivity index (χ2v) is 7.95. The number of aromatic nitrogens is 4. The van der Waals surface area contributed by atoms with Crippen molar-refractivity contribution in [3.63, 3.8) is 0 Å². The Morgan fingerprint density at radius 1 is 1.04 bits per heavy atom. The van der Waals surface area contributed by atoms with Crippen molar-refractivity contribution in [3.05, 3.63) is 72.1 Å². The molecule has 142 valence electrons. The first-order valence-corrected chi connectivity index (χ1v) is 10.0. The van der Waals surface area contributed by atoms with Crippen LogP contribution in [0.4, 0.5) is 4.39 Å². The van der Waals surface area contributed by atoms with Gasteiger partial charge in [-0.3, -0.25) is 9.38 Å². The molecule has 1 aliphatic rings. The summed E-state index contributed by atoms with van der Waals surface area (Å²) >= 11 is 0. The maximum Gasteiger partial charge on any atom is 0.160 e. The summed E-state index contributed by atoms with van der Waals surface area (Å²) < 4.78 is 15.9. The van der Waals surface area contributed by atoms with Crippen LogP contribution in [0.1, 0.15) is 55.8 Å². The van der Waals surface area contributed by atoms with Gasteiger partial charge in [0, 0.05) is 23.7 Å². The highest BCUT2D eigenvalue weighted by molar-refractivity contribution is 5.82. The molecule has 4 nitrogen and oxygen atoms in total. The van der Waals surface area contributed by atoms with Gasteiger partial charge in [0.2, 0.25) is 0 Å². The second kappa shape index (κ2) is 6.97. The van der Waals surface area contributed by atoms with Crippen LogP contribution in [-0.4, -0.2) is 19.6 Å².